The maximum atomic E-state index is 13.2. The van der Waals surface area contributed by atoms with Crippen LogP contribution in [-0.4, -0.2) is 22.9 Å². The normalized spacial score (nSPS) is 14.6. The van der Waals surface area contributed by atoms with Crippen molar-refractivity contribution in [2.45, 2.75) is 40.5 Å². The lowest BCUT2D eigenvalue weighted by Crippen LogP contribution is -2.35. The lowest BCUT2D eigenvalue weighted by molar-refractivity contribution is 0.555. The standard InChI is InChI=1S/C22H20FNO4S2/c1-15-6-9-21(29(25,26)20-10-7-18(23)8-11-20)14-22(15)30(27,28)24-19-12-16-4-2-3-5-17(16)13-19/h2-11,14,19,24H,12-13H2,1H3. The molecule has 1 aliphatic rings. The Morgan fingerprint density at radius 3 is 2.00 bits per heavy atom. The Labute approximate surface area is 175 Å². The minimum Gasteiger partial charge on any atom is -0.219 e. The summed E-state index contributed by atoms with van der Waals surface area (Å²) in [6, 6.07) is 15.9. The van der Waals surface area contributed by atoms with Gasteiger partial charge in [0.25, 0.3) is 0 Å². The topological polar surface area (TPSA) is 80.3 Å². The molecule has 1 aliphatic carbocycles. The van der Waals surface area contributed by atoms with E-state index >= 15 is 0 Å². The Balaban J connectivity index is 1.65. The maximum Gasteiger partial charge on any atom is 0.241 e. The summed E-state index contributed by atoms with van der Waals surface area (Å²) in [5, 5.41) is 0. The molecule has 1 N–H and O–H groups in total. The zero-order chi connectivity index (χ0) is 21.5. The number of sulfonamides is 1. The number of benzene rings is 3. The molecule has 0 amide bonds. The lowest BCUT2D eigenvalue weighted by atomic mass is 10.1. The number of nitrogens with one attached hydrogen (secondary N) is 1. The van der Waals surface area contributed by atoms with Crippen LogP contribution in [0.2, 0.25) is 0 Å². The highest BCUT2D eigenvalue weighted by atomic mass is 32.2. The summed E-state index contributed by atoms with van der Waals surface area (Å²) in [5.41, 5.74) is 2.65. The molecule has 3 aromatic carbocycles. The molecule has 0 saturated heterocycles. The molecule has 0 heterocycles. The molecule has 0 unspecified atom stereocenters. The van der Waals surface area contributed by atoms with Crippen molar-refractivity contribution in [3.63, 3.8) is 0 Å². The van der Waals surface area contributed by atoms with Gasteiger partial charge in [-0.1, -0.05) is 30.3 Å². The van der Waals surface area contributed by atoms with Gasteiger partial charge in [-0.2, -0.15) is 0 Å². The van der Waals surface area contributed by atoms with Gasteiger partial charge in [-0.05, 0) is 72.9 Å². The van der Waals surface area contributed by atoms with Crippen molar-refractivity contribution in [3.05, 3.63) is 89.2 Å². The minimum atomic E-state index is -3.99. The van der Waals surface area contributed by atoms with E-state index in [0.717, 1.165) is 35.4 Å². The Bertz CT molecular complexity index is 1290. The average Bonchev–Trinajstić information content (AvgIpc) is 3.09. The first-order valence-electron chi connectivity index (χ1n) is 9.37. The third-order valence-corrected chi connectivity index (χ3v) is 8.69. The summed E-state index contributed by atoms with van der Waals surface area (Å²) in [6.07, 6.45) is 1.17. The van der Waals surface area contributed by atoms with E-state index in [4.69, 9.17) is 0 Å². The fourth-order valence-corrected chi connectivity index (χ4v) is 6.58. The van der Waals surface area contributed by atoms with Gasteiger partial charge in [-0.25, -0.2) is 25.9 Å². The first-order valence-corrected chi connectivity index (χ1v) is 12.3. The van der Waals surface area contributed by atoms with Gasteiger partial charge in [0, 0.05) is 6.04 Å². The van der Waals surface area contributed by atoms with Gasteiger partial charge in [-0.15, -0.1) is 0 Å². The number of hydrogen-bond donors (Lipinski definition) is 1. The van der Waals surface area contributed by atoms with Crippen LogP contribution in [0.25, 0.3) is 0 Å². The van der Waals surface area contributed by atoms with E-state index in [-0.39, 0.29) is 20.7 Å². The Morgan fingerprint density at radius 1 is 0.833 bits per heavy atom. The van der Waals surface area contributed by atoms with Gasteiger partial charge >= 0.3 is 0 Å². The van der Waals surface area contributed by atoms with E-state index in [2.05, 4.69) is 4.72 Å². The highest BCUT2D eigenvalue weighted by Gasteiger charge is 2.28. The molecule has 0 radical (unpaired) electrons. The molecule has 0 fully saturated rings. The molecule has 0 saturated carbocycles. The number of aryl methyl sites for hydroxylation is 1. The largest absolute Gasteiger partial charge is 0.241 e. The second kappa shape index (κ2) is 7.61. The predicted octanol–water partition coefficient (Wildman–Crippen LogP) is 3.41. The van der Waals surface area contributed by atoms with Gasteiger partial charge < -0.3 is 0 Å². The third kappa shape index (κ3) is 3.90. The fraction of sp³-hybridized carbons (Fsp3) is 0.182. The predicted molar refractivity (Wildman–Crippen MR) is 111 cm³/mol. The molecular weight excluding hydrogens is 425 g/mol. The molecule has 5 nitrogen and oxygen atoms in total. The van der Waals surface area contributed by atoms with E-state index in [1.54, 1.807) is 6.92 Å². The average molecular weight is 446 g/mol. The fourth-order valence-electron chi connectivity index (χ4n) is 3.71. The second-order valence-electron chi connectivity index (χ2n) is 7.38. The zero-order valence-corrected chi connectivity index (χ0v) is 17.8. The molecule has 156 valence electrons. The van der Waals surface area contributed by atoms with Crippen molar-refractivity contribution >= 4 is 19.9 Å². The van der Waals surface area contributed by atoms with E-state index in [1.807, 2.05) is 24.3 Å². The molecule has 3 aromatic rings. The lowest BCUT2D eigenvalue weighted by Gasteiger charge is -2.15. The molecule has 4 rings (SSSR count). The highest BCUT2D eigenvalue weighted by Crippen LogP contribution is 2.27. The van der Waals surface area contributed by atoms with Crippen molar-refractivity contribution in [1.29, 1.82) is 0 Å². The molecule has 30 heavy (non-hydrogen) atoms. The SMILES string of the molecule is Cc1ccc(S(=O)(=O)c2ccc(F)cc2)cc1S(=O)(=O)NC1Cc2ccccc2C1. The van der Waals surface area contributed by atoms with Crippen LogP contribution in [-0.2, 0) is 32.7 Å². The number of hydrogen-bond acceptors (Lipinski definition) is 4. The van der Waals surface area contributed by atoms with E-state index < -0.39 is 25.7 Å². The van der Waals surface area contributed by atoms with Gasteiger partial charge in [-0.3, -0.25) is 0 Å². The Morgan fingerprint density at radius 2 is 1.40 bits per heavy atom. The van der Waals surface area contributed by atoms with E-state index in [0.29, 0.717) is 18.4 Å². The van der Waals surface area contributed by atoms with E-state index in [9.17, 15) is 21.2 Å². The number of halogens is 1. The van der Waals surface area contributed by atoms with Crippen molar-refractivity contribution < 1.29 is 21.2 Å². The quantitative estimate of drug-likeness (QED) is 0.611. The van der Waals surface area contributed by atoms with Crippen molar-refractivity contribution in [2.24, 2.45) is 0 Å². The summed E-state index contributed by atoms with van der Waals surface area (Å²) < 4.78 is 67.8. The zero-order valence-electron chi connectivity index (χ0n) is 16.2. The van der Waals surface area contributed by atoms with Crippen molar-refractivity contribution in [2.75, 3.05) is 0 Å². The van der Waals surface area contributed by atoms with Crippen LogP contribution in [0, 0.1) is 12.7 Å². The highest BCUT2D eigenvalue weighted by molar-refractivity contribution is 7.91. The molecule has 8 heteroatoms. The monoisotopic (exact) mass is 445 g/mol. The Kier molecular flexibility index (Phi) is 5.25. The van der Waals surface area contributed by atoms with Gasteiger partial charge in [0.2, 0.25) is 19.9 Å². The van der Waals surface area contributed by atoms with Crippen molar-refractivity contribution in [1.82, 2.24) is 4.72 Å². The summed E-state index contributed by atoms with van der Waals surface area (Å²) in [7, 11) is -7.92. The summed E-state index contributed by atoms with van der Waals surface area (Å²) in [6.45, 7) is 1.62. The molecule has 0 atom stereocenters. The van der Waals surface area contributed by atoms with Crippen LogP contribution >= 0.6 is 0 Å². The molecule has 0 aromatic heterocycles. The van der Waals surface area contributed by atoms with Crippen molar-refractivity contribution in [3.8, 4) is 0 Å². The van der Waals surface area contributed by atoms with E-state index in [1.165, 1.54) is 18.2 Å². The van der Waals surface area contributed by atoms with Crippen LogP contribution < -0.4 is 4.72 Å². The minimum absolute atomic E-state index is 0.0818. The number of rotatable bonds is 5. The summed E-state index contributed by atoms with van der Waals surface area (Å²) in [5.74, 6) is -0.553. The van der Waals surface area contributed by atoms with Gasteiger partial charge in [0.15, 0.2) is 0 Å². The van der Waals surface area contributed by atoms with Crippen LogP contribution in [0.3, 0.4) is 0 Å². The molecule has 0 bridgehead atoms. The molecule has 0 spiro atoms. The number of fused-ring (bicyclic) bond motifs is 1. The maximum absolute atomic E-state index is 13.2. The second-order valence-corrected chi connectivity index (χ2v) is 11.0. The first kappa shape index (κ1) is 20.7. The van der Waals surface area contributed by atoms with Crippen LogP contribution in [0.5, 0.6) is 0 Å². The molecular formula is C22H20FNO4S2. The smallest absolute Gasteiger partial charge is 0.219 e. The van der Waals surface area contributed by atoms with Gasteiger partial charge in [0.05, 0.1) is 14.7 Å². The number of sulfone groups is 1. The summed E-state index contributed by atoms with van der Waals surface area (Å²) in [4.78, 5) is -0.341. The van der Waals surface area contributed by atoms with Crippen LogP contribution in [0.1, 0.15) is 16.7 Å². The van der Waals surface area contributed by atoms with Crippen LogP contribution in [0.15, 0.2) is 81.4 Å². The third-order valence-electron chi connectivity index (χ3n) is 5.26. The Hall–Kier alpha value is -2.55. The first-order chi connectivity index (χ1) is 14.2. The van der Waals surface area contributed by atoms with Gasteiger partial charge in [0.1, 0.15) is 5.82 Å². The van der Waals surface area contributed by atoms with Crippen LogP contribution in [0.4, 0.5) is 4.39 Å². The molecule has 0 aliphatic heterocycles. The summed E-state index contributed by atoms with van der Waals surface area (Å²) >= 11 is 0.